The number of aliphatic hydroxyl groups excluding tert-OH is 1. The number of carbonyl (C=O) groups excluding carboxylic acids is 1. The Kier molecular flexibility index (Phi) is 5.13. The van der Waals surface area contributed by atoms with Gasteiger partial charge in [0, 0.05) is 5.92 Å². The van der Waals surface area contributed by atoms with Crippen molar-refractivity contribution in [1.29, 1.82) is 0 Å². The minimum absolute atomic E-state index is 0.0181. The smallest absolute Gasteiger partial charge is 0.412 e. The summed E-state index contributed by atoms with van der Waals surface area (Å²) in [6, 6.07) is 16.4. The molecule has 1 heterocycles. The van der Waals surface area contributed by atoms with Gasteiger partial charge in [-0.1, -0.05) is 48.5 Å². The van der Waals surface area contributed by atoms with Gasteiger partial charge < -0.3 is 9.84 Å². The molecule has 6 nitrogen and oxygen atoms in total. The molecule has 0 saturated carbocycles. The van der Waals surface area contributed by atoms with E-state index in [0.29, 0.717) is 12.4 Å². The summed E-state index contributed by atoms with van der Waals surface area (Å²) in [5.41, 5.74) is 4.73. The van der Waals surface area contributed by atoms with Crippen LogP contribution in [0.4, 0.5) is 10.6 Å². The minimum Gasteiger partial charge on any atom is -0.448 e. The van der Waals surface area contributed by atoms with Crippen LogP contribution in [0.25, 0.3) is 11.1 Å². The van der Waals surface area contributed by atoms with Gasteiger partial charge in [0.15, 0.2) is 0 Å². The third kappa shape index (κ3) is 3.44. The molecule has 7 heteroatoms. The number of aromatic nitrogens is 2. The molecular formula is C20H18IN3O3. The van der Waals surface area contributed by atoms with Crippen LogP contribution in [0.1, 0.15) is 17.0 Å². The van der Waals surface area contributed by atoms with E-state index in [1.54, 1.807) is 10.9 Å². The second kappa shape index (κ2) is 7.69. The molecule has 4 rings (SSSR count). The number of rotatable bonds is 5. The van der Waals surface area contributed by atoms with E-state index >= 15 is 0 Å². The van der Waals surface area contributed by atoms with E-state index in [-0.39, 0.29) is 19.1 Å². The molecule has 1 amide bonds. The van der Waals surface area contributed by atoms with E-state index in [4.69, 9.17) is 9.84 Å². The number of hydrogen-bond acceptors (Lipinski definition) is 4. The predicted molar refractivity (Wildman–Crippen MR) is 111 cm³/mol. The van der Waals surface area contributed by atoms with Crippen molar-refractivity contribution in [2.24, 2.45) is 0 Å². The van der Waals surface area contributed by atoms with Gasteiger partial charge in [-0.25, -0.2) is 9.48 Å². The standard InChI is InChI=1S/C20H18IN3O3/c21-18-11-22-24(9-10-25)19(18)23-20(26)27-12-17-15-7-3-1-5-13(15)14-6-2-4-8-16(14)17/h1-8,11,17,25H,9-10,12H2,(H,23,26). The zero-order valence-electron chi connectivity index (χ0n) is 14.4. The number of fused-ring (bicyclic) bond motifs is 3. The highest BCUT2D eigenvalue weighted by Gasteiger charge is 2.29. The molecule has 0 radical (unpaired) electrons. The Morgan fingerprint density at radius 3 is 2.41 bits per heavy atom. The van der Waals surface area contributed by atoms with Crippen LogP contribution in [0.5, 0.6) is 0 Å². The Morgan fingerprint density at radius 2 is 1.78 bits per heavy atom. The van der Waals surface area contributed by atoms with Gasteiger partial charge in [0.25, 0.3) is 0 Å². The quantitative estimate of drug-likeness (QED) is 0.550. The molecule has 0 spiro atoms. The maximum absolute atomic E-state index is 12.4. The number of carbonyl (C=O) groups is 1. The molecule has 2 N–H and O–H groups in total. The van der Waals surface area contributed by atoms with Crippen molar-refractivity contribution >= 4 is 34.5 Å². The molecule has 0 atom stereocenters. The molecule has 1 aliphatic carbocycles. The van der Waals surface area contributed by atoms with Crippen molar-refractivity contribution in [3.8, 4) is 11.1 Å². The van der Waals surface area contributed by atoms with Crippen LogP contribution in [-0.4, -0.2) is 34.2 Å². The lowest BCUT2D eigenvalue weighted by atomic mass is 9.98. The molecule has 138 valence electrons. The van der Waals surface area contributed by atoms with E-state index in [1.165, 1.54) is 22.3 Å². The van der Waals surface area contributed by atoms with Crippen molar-refractivity contribution in [3.05, 3.63) is 69.4 Å². The fourth-order valence-corrected chi connectivity index (χ4v) is 4.02. The highest BCUT2D eigenvalue weighted by Crippen LogP contribution is 2.44. The van der Waals surface area contributed by atoms with E-state index in [2.05, 4.69) is 57.3 Å². The highest BCUT2D eigenvalue weighted by molar-refractivity contribution is 14.1. The van der Waals surface area contributed by atoms with Crippen LogP contribution in [0, 0.1) is 3.57 Å². The summed E-state index contributed by atoms with van der Waals surface area (Å²) in [5, 5.41) is 16.0. The monoisotopic (exact) mass is 475 g/mol. The molecule has 0 unspecified atom stereocenters. The second-order valence-corrected chi connectivity index (χ2v) is 7.40. The number of aliphatic hydroxyl groups is 1. The zero-order valence-corrected chi connectivity index (χ0v) is 16.6. The third-order valence-corrected chi connectivity index (χ3v) is 5.46. The summed E-state index contributed by atoms with van der Waals surface area (Å²) in [4.78, 5) is 12.4. The first-order valence-electron chi connectivity index (χ1n) is 8.63. The fraction of sp³-hybridized carbons (Fsp3) is 0.200. The number of nitrogens with one attached hydrogen (secondary N) is 1. The summed E-state index contributed by atoms with van der Waals surface area (Å²) in [5.74, 6) is 0.548. The van der Waals surface area contributed by atoms with Gasteiger partial charge in [0.05, 0.1) is 22.9 Å². The van der Waals surface area contributed by atoms with Gasteiger partial charge in [0.2, 0.25) is 0 Å². The lowest BCUT2D eigenvalue weighted by Crippen LogP contribution is -2.21. The Labute approximate surface area is 170 Å². The molecule has 2 aromatic carbocycles. The number of ether oxygens (including phenoxy) is 1. The largest absolute Gasteiger partial charge is 0.448 e. The first-order chi connectivity index (χ1) is 13.2. The molecule has 0 fully saturated rings. The summed E-state index contributed by atoms with van der Waals surface area (Å²) >= 11 is 2.09. The number of hydrogen-bond donors (Lipinski definition) is 2. The van der Waals surface area contributed by atoms with Crippen molar-refractivity contribution in [3.63, 3.8) is 0 Å². The molecule has 1 aromatic heterocycles. The van der Waals surface area contributed by atoms with E-state index < -0.39 is 6.09 Å². The van der Waals surface area contributed by atoms with E-state index in [1.807, 2.05) is 24.3 Å². The average Bonchev–Trinajstić information content (AvgIpc) is 3.19. The van der Waals surface area contributed by atoms with Crippen LogP contribution >= 0.6 is 22.6 Å². The van der Waals surface area contributed by atoms with E-state index in [9.17, 15) is 4.79 Å². The molecule has 1 aliphatic rings. The Balaban J connectivity index is 1.49. The van der Waals surface area contributed by atoms with Crippen LogP contribution in [0.3, 0.4) is 0 Å². The van der Waals surface area contributed by atoms with Crippen molar-refractivity contribution < 1.29 is 14.6 Å². The Hall–Kier alpha value is -2.39. The number of anilines is 1. The minimum atomic E-state index is -0.533. The summed E-state index contributed by atoms with van der Waals surface area (Å²) in [6.45, 7) is 0.504. The second-order valence-electron chi connectivity index (χ2n) is 6.24. The lowest BCUT2D eigenvalue weighted by molar-refractivity contribution is 0.158. The van der Waals surface area contributed by atoms with Crippen molar-refractivity contribution in [2.75, 3.05) is 18.5 Å². The van der Waals surface area contributed by atoms with Gasteiger partial charge in [0.1, 0.15) is 12.4 Å². The van der Waals surface area contributed by atoms with Gasteiger partial charge in [-0.2, -0.15) is 5.10 Å². The number of amides is 1. The van der Waals surface area contributed by atoms with Crippen LogP contribution in [0.2, 0.25) is 0 Å². The summed E-state index contributed by atoms with van der Waals surface area (Å²) in [6.07, 6.45) is 1.10. The fourth-order valence-electron chi connectivity index (χ4n) is 3.48. The first kappa shape index (κ1) is 18.0. The molecule has 3 aromatic rings. The van der Waals surface area contributed by atoms with Crippen LogP contribution in [0.15, 0.2) is 54.7 Å². The SMILES string of the molecule is O=C(Nc1c(I)cnn1CCO)OCC1c2ccccc2-c2ccccc21. The topological polar surface area (TPSA) is 76.4 Å². The maximum atomic E-state index is 12.4. The average molecular weight is 475 g/mol. The summed E-state index contributed by atoms with van der Waals surface area (Å²) in [7, 11) is 0. The summed E-state index contributed by atoms with van der Waals surface area (Å²) < 4.78 is 7.88. The zero-order chi connectivity index (χ0) is 18.8. The highest BCUT2D eigenvalue weighted by atomic mass is 127. The van der Waals surface area contributed by atoms with E-state index in [0.717, 1.165) is 3.57 Å². The lowest BCUT2D eigenvalue weighted by Gasteiger charge is -2.15. The van der Waals surface area contributed by atoms with Crippen molar-refractivity contribution in [2.45, 2.75) is 12.5 Å². The number of benzene rings is 2. The van der Waals surface area contributed by atoms with Crippen molar-refractivity contribution in [1.82, 2.24) is 9.78 Å². The predicted octanol–water partition coefficient (Wildman–Crippen LogP) is 3.84. The molecule has 0 saturated heterocycles. The molecule has 0 bridgehead atoms. The van der Waals surface area contributed by atoms with Gasteiger partial charge in [-0.05, 0) is 44.8 Å². The molecular weight excluding hydrogens is 457 g/mol. The van der Waals surface area contributed by atoms with Crippen LogP contribution in [-0.2, 0) is 11.3 Å². The Bertz CT molecular complexity index is 941. The van der Waals surface area contributed by atoms with Gasteiger partial charge in [-0.3, -0.25) is 5.32 Å². The third-order valence-electron chi connectivity index (χ3n) is 4.67. The number of nitrogens with zero attached hydrogens (tertiary/aromatic N) is 2. The number of halogens is 1. The molecule has 27 heavy (non-hydrogen) atoms. The first-order valence-corrected chi connectivity index (χ1v) is 9.71. The Morgan fingerprint density at radius 1 is 1.15 bits per heavy atom. The van der Waals surface area contributed by atoms with Gasteiger partial charge in [-0.15, -0.1) is 0 Å². The van der Waals surface area contributed by atoms with Crippen LogP contribution < -0.4 is 5.32 Å². The van der Waals surface area contributed by atoms with Gasteiger partial charge >= 0.3 is 6.09 Å². The maximum Gasteiger partial charge on any atom is 0.412 e. The molecule has 0 aliphatic heterocycles. The normalized spacial score (nSPS) is 12.5.